The van der Waals surface area contributed by atoms with E-state index in [-0.39, 0.29) is 40.6 Å². The summed E-state index contributed by atoms with van der Waals surface area (Å²) in [5.41, 5.74) is 4.51. The Morgan fingerprint density at radius 3 is 2.29 bits per heavy atom. The average molecular weight is 488 g/mol. The predicted octanol–water partition coefficient (Wildman–Crippen LogP) is 3.98. The van der Waals surface area contributed by atoms with Crippen molar-refractivity contribution in [2.24, 2.45) is 11.7 Å². The number of hydrogen-bond acceptors (Lipinski definition) is 4. The van der Waals surface area contributed by atoms with E-state index in [1.807, 2.05) is 0 Å². The van der Waals surface area contributed by atoms with Crippen LogP contribution in [0.1, 0.15) is 36.9 Å². The van der Waals surface area contributed by atoms with Gasteiger partial charge in [-0.15, -0.1) is 0 Å². The summed E-state index contributed by atoms with van der Waals surface area (Å²) in [5.74, 6) is -2.36. The van der Waals surface area contributed by atoms with Crippen molar-refractivity contribution in [1.29, 1.82) is 0 Å². The van der Waals surface area contributed by atoms with E-state index in [1.54, 1.807) is 0 Å². The van der Waals surface area contributed by atoms with Gasteiger partial charge in [0, 0.05) is 29.4 Å². The number of halogens is 3. The third-order valence-electron chi connectivity index (χ3n) is 6.92. The Bertz CT molecular complexity index is 1340. The molecule has 0 amide bonds. The Hall–Kier alpha value is -3.33. The van der Waals surface area contributed by atoms with Crippen LogP contribution in [0.3, 0.4) is 0 Å². The second-order valence-electron chi connectivity index (χ2n) is 8.98. The van der Waals surface area contributed by atoms with Crippen molar-refractivity contribution >= 4 is 0 Å². The molecule has 6 nitrogen and oxygen atoms in total. The fraction of sp³-hybridized carbons (Fsp3) is 0.385. The molecule has 1 aliphatic rings. The van der Waals surface area contributed by atoms with Gasteiger partial charge >= 0.3 is 5.69 Å². The smallest absolute Gasteiger partial charge is 0.331 e. The van der Waals surface area contributed by atoms with Crippen molar-refractivity contribution in [2.75, 3.05) is 7.11 Å². The van der Waals surface area contributed by atoms with Crippen LogP contribution in [0, 0.1) is 30.3 Å². The summed E-state index contributed by atoms with van der Waals surface area (Å²) in [4.78, 5) is 27.1. The lowest BCUT2D eigenvalue weighted by atomic mass is 9.98. The lowest BCUT2D eigenvalue weighted by molar-refractivity contribution is 0.371. The van der Waals surface area contributed by atoms with Gasteiger partial charge in [0.05, 0.1) is 19.2 Å². The van der Waals surface area contributed by atoms with Gasteiger partial charge in [-0.2, -0.15) is 0 Å². The van der Waals surface area contributed by atoms with E-state index >= 15 is 4.39 Å². The van der Waals surface area contributed by atoms with Crippen LogP contribution in [0.4, 0.5) is 13.2 Å². The van der Waals surface area contributed by atoms with Crippen molar-refractivity contribution in [3.63, 3.8) is 0 Å². The van der Waals surface area contributed by atoms with Crippen LogP contribution >= 0.6 is 0 Å². The second-order valence-corrected chi connectivity index (χ2v) is 8.98. The maximum atomic E-state index is 15.2. The summed E-state index contributed by atoms with van der Waals surface area (Å²) < 4.78 is 51.3. The normalized spacial score (nSPS) is 14.9. The number of nitrogens with zero attached hydrogens (tertiary/aromatic N) is 2. The molecule has 9 heteroatoms. The predicted molar refractivity (Wildman–Crippen MR) is 127 cm³/mol. The van der Waals surface area contributed by atoms with Crippen molar-refractivity contribution in [2.45, 2.75) is 51.7 Å². The Balaban J connectivity index is 1.94. The quantitative estimate of drug-likeness (QED) is 0.547. The highest BCUT2D eigenvalue weighted by Gasteiger charge is 2.27. The molecule has 2 N–H and O–H groups in total. The average Bonchev–Trinajstić information content (AvgIpc) is 3.37. The number of ether oxygens (including phenoxy) is 1. The van der Waals surface area contributed by atoms with E-state index in [4.69, 9.17) is 10.5 Å². The van der Waals surface area contributed by atoms with E-state index < -0.39 is 41.3 Å². The summed E-state index contributed by atoms with van der Waals surface area (Å²) in [6.07, 6.45) is 3.85. The number of hydrogen-bond donors (Lipinski definition) is 1. The number of benzene rings is 2. The van der Waals surface area contributed by atoms with Crippen molar-refractivity contribution in [1.82, 2.24) is 9.13 Å². The van der Waals surface area contributed by atoms with Gasteiger partial charge in [0.2, 0.25) is 0 Å². The molecule has 1 aromatic heterocycles. The molecule has 1 atom stereocenters. The summed E-state index contributed by atoms with van der Waals surface area (Å²) in [6, 6.07) is 7.28. The molecule has 186 valence electrons. The van der Waals surface area contributed by atoms with Gasteiger partial charge in [-0.1, -0.05) is 31.0 Å². The van der Waals surface area contributed by atoms with E-state index in [0.29, 0.717) is 0 Å². The van der Waals surface area contributed by atoms with Crippen molar-refractivity contribution in [3.05, 3.63) is 85.9 Å². The van der Waals surface area contributed by atoms with Crippen LogP contribution in [-0.4, -0.2) is 22.3 Å². The molecule has 2 aromatic carbocycles. The number of rotatable bonds is 7. The highest BCUT2D eigenvalue weighted by molar-refractivity contribution is 5.67. The molecule has 1 saturated carbocycles. The van der Waals surface area contributed by atoms with Crippen molar-refractivity contribution in [3.8, 4) is 16.9 Å². The Morgan fingerprint density at radius 2 is 1.66 bits per heavy atom. The first-order valence-electron chi connectivity index (χ1n) is 11.6. The number of aromatic nitrogens is 2. The zero-order valence-corrected chi connectivity index (χ0v) is 19.7. The van der Waals surface area contributed by atoms with E-state index in [2.05, 4.69) is 0 Å². The van der Waals surface area contributed by atoms with Crippen LogP contribution in [0.25, 0.3) is 11.1 Å². The van der Waals surface area contributed by atoms with Crippen LogP contribution in [0.5, 0.6) is 5.75 Å². The molecular formula is C26H28F3N3O3. The molecule has 4 rings (SSSR count). The molecule has 0 spiro atoms. The minimum Gasteiger partial charge on any atom is -0.494 e. The van der Waals surface area contributed by atoms with E-state index in [9.17, 15) is 18.4 Å². The Kier molecular flexibility index (Phi) is 7.16. The van der Waals surface area contributed by atoms with Gasteiger partial charge < -0.3 is 10.5 Å². The van der Waals surface area contributed by atoms with Crippen LogP contribution in [0.2, 0.25) is 0 Å². The molecule has 0 unspecified atom stereocenters. The SMILES string of the molecule is COc1cccc(-c2c(C)n(Cc3c(F)cccc3F)c(=O)n(C[C@@H](N)C3CCCC3)c2=O)c1F. The maximum absolute atomic E-state index is 15.2. The molecule has 1 aliphatic carbocycles. The summed E-state index contributed by atoms with van der Waals surface area (Å²) in [5, 5.41) is 0. The third kappa shape index (κ3) is 4.65. The first-order chi connectivity index (χ1) is 16.7. The largest absolute Gasteiger partial charge is 0.494 e. The maximum Gasteiger partial charge on any atom is 0.331 e. The van der Waals surface area contributed by atoms with Gasteiger partial charge in [0.1, 0.15) is 11.6 Å². The lowest BCUT2D eigenvalue weighted by Crippen LogP contribution is -2.47. The molecular weight excluding hydrogens is 459 g/mol. The minimum absolute atomic E-state index is 0.0715. The van der Waals surface area contributed by atoms with Gasteiger partial charge in [-0.3, -0.25) is 13.9 Å². The summed E-state index contributed by atoms with van der Waals surface area (Å²) in [7, 11) is 1.30. The zero-order chi connectivity index (χ0) is 25.3. The summed E-state index contributed by atoms with van der Waals surface area (Å²) in [6.45, 7) is 0.901. The van der Waals surface area contributed by atoms with E-state index in [0.717, 1.165) is 47.0 Å². The molecule has 0 bridgehead atoms. The first kappa shape index (κ1) is 24.8. The molecule has 0 aliphatic heterocycles. The standard InChI is InChI=1S/C26H28F3N3O3/c1-15-23(17-9-5-12-22(35-2)24(17)29)25(33)32(14-21(30)16-7-3-4-8-16)26(34)31(15)13-18-19(27)10-6-11-20(18)28/h5-6,9-12,16,21H,3-4,7-8,13-14,30H2,1-2H3/t21-/m1/s1. The molecule has 3 aromatic rings. The molecule has 1 fully saturated rings. The molecule has 0 saturated heterocycles. The highest BCUT2D eigenvalue weighted by atomic mass is 19.1. The number of nitrogens with two attached hydrogens (primary N) is 1. The second kappa shape index (κ2) is 10.1. The fourth-order valence-electron chi connectivity index (χ4n) is 4.91. The summed E-state index contributed by atoms with van der Waals surface area (Å²) >= 11 is 0. The Morgan fingerprint density at radius 1 is 1.03 bits per heavy atom. The van der Waals surface area contributed by atoms with E-state index in [1.165, 1.54) is 38.3 Å². The van der Waals surface area contributed by atoms with Gasteiger partial charge in [-0.05, 0) is 43.9 Å². The molecule has 35 heavy (non-hydrogen) atoms. The Labute approximate surface area is 200 Å². The van der Waals surface area contributed by atoms with Gasteiger partial charge in [0.15, 0.2) is 11.6 Å². The topological polar surface area (TPSA) is 79.2 Å². The fourth-order valence-corrected chi connectivity index (χ4v) is 4.91. The van der Waals surface area contributed by atoms with Crippen LogP contribution < -0.4 is 21.7 Å². The van der Waals surface area contributed by atoms with Crippen LogP contribution in [-0.2, 0) is 13.1 Å². The highest BCUT2D eigenvalue weighted by Crippen LogP contribution is 2.30. The zero-order valence-electron chi connectivity index (χ0n) is 19.7. The third-order valence-corrected chi connectivity index (χ3v) is 6.92. The lowest BCUT2D eigenvalue weighted by Gasteiger charge is -2.23. The molecule has 0 radical (unpaired) electrons. The first-order valence-corrected chi connectivity index (χ1v) is 11.6. The van der Waals surface area contributed by atoms with Crippen LogP contribution in [0.15, 0.2) is 46.0 Å². The van der Waals surface area contributed by atoms with Gasteiger partial charge in [-0.25, -0.2) is 18.0 Å². The van der Waals surface area contributed by atoms with Gasteiger partial charge in [0.25, 0.3) is 5.56 Å². The molecule has 1 heterocycles. The number of methoxy groups -OCH3 is 1. The minimum atomic E-state index is -0.828. The van der Waals surface area contributed by atoms with Crippen molar-refractivity contribution < 1.29 is 17.9 Å². The monoisotopic (exact) mass is 487 g/mol.